The van der Waals surface area contributed by atoms with Crippen LogP contribution in [-0.4, -0.2) is 117 Å². The monoisotopic (exact) mass is 846 g/mol. The Labute approximate surface area is 353 Å². The minimum absolute atomic E-state index is 0.0774. The van der Waals surface area contributed by atoms with Crippen LogP contribution in [0, 0.1) is 6.92 Å². The summed E-state index contributed by atoms with van der Waals surface area (Å²) in [5.41, 5.74) is 4.37. The predicted octanol–water partition coefficient (Wildman–Crippen LogP) is 5.63. The van der Waals surface area contributed by atoms with Crippen LogP contribution in [-0.2, 0) is 51.1 Å². The molecule has 0 bridgehead atoms. The van der Waals surface area contributed by atoms with Crippen molar-refractivity contribution in [3.05, 3.63) is 89.2 Å². The van der Waals surface area contributed by atoms with Crippen molar-refractivity contribution in [1.82, 2.24) is 24.8 Å². The van der Waals surface area contributed by atoms with Gasteiger partial charge in [0, 0.05) is 43.3 Å². The second-order valence-corrected chi connectivity index (χ2v) is 14.1. The summed E-state index contributed by atoms with van der Waals surface area (Å²) < 4.78 is 39.9. The van der Waals surface area contributed by atoms with Gasteiger partial charge in [0.2, 0.25) is 5.91 Å². The predicted molar refractivity (Wildman–Crippen MR) is 226 cm³/mol. The number of nitrogens with one attached hydrogen (secondary N) is 2. The number of fused-ring (bicyclic) bond motifs is 1. The number of hydrogen-bond donors (Lipinski definition) is 2. The Bertz CT molecular complexity index is 2040. The average molecular weight is 847 g/mol. The van der Waals surface area contributed by atoms with Crippen LogP contribution in [0.2, 0.25) is 0 Å². The molecule has 2 N–H and O–H groups in total. The number of imidazole rings is 1. The molecule has 322 valence electrons. The van der Waals surface area contributed by atoms with Gasteiger partial charge in [-0.1, -0.05) is 18.2 Å². The van der Waals surface area contributed by atoms with Crippen molar-refractivity contribution in [3.8, 4) is 17.1 Å². The molecule has 3 aromatic heterocycles. The molecular weight excluding hydrogens is 793 g/mol. The van der Waals surface area contributed by atoms with E-state index in [1.807, 2.05) is 48.1 Å². The summed E-state index contributed by atoms with van der Waals surface area (Å²) in [5.74, 6) is 0.455. The van der Waals surface area contributed by atoms with Gasteiger partial charge < -0.3 is 43.0 Å². The Balaban J connectivity index is 0.887. The molecule has 16 nitrogen and oxygen atoms in total. The van der Waals surface area contributed by atoms with Crippen LogP contribution in [0.4, 0.5) is 5.13 Å². The highest BCUT2D eigenvalue weighted by molar-refractivity contribution is 7.14. The van der Waals surface area contributed by atoms with Crippen LogP contribution in [0.1, 0.15) is 47.9 Å². The van der Waals surface area contributed by atoms with Crippen molar-refractivity contribution in [3.63, 3.8) is 0 Å². The summed E-state index contributed by atoms with van der Waals surface area (Å²) in [5, 5.41) is 8.16. The van der Waals surface area contributed by atoms with Crippen LogP contribution < -0.4 is 15.4 Å². The lowest BCUT2D eigenvalue weighted by Crippen LogP contribution is -2.22. The molecule has 17 heteroatoms. The van der Waals surface area contributed by atoms with Gasteiger partial charge in [0.05, 0.1) is 95.8 Å². The highest BCUT2D eigenvalue weighted by Crippen LogP contribution is 2.25. The molecule has 0 aliphatic heterocycles. The molecule has 0 unspecified atom stereocenters. The summed E-state index contributed by atoms with van der Waals surface area (Å²) >= 11 is 1.34. The molecule has 0 spiro atoms. The minimum Gasteiger partial charge on any atom is -0.426 e. The van der Waals surface area contributed by atoms with Gasteiger partial charge in [-0.3, -0.25) is 24.7 Å². The first-order valence-corrected chi connectivity index (χ1v) is 21.0. The van der Waals surface area contributed by atoms with E-state index >= 15 is 0 Å². The number of aromatic nitrogens is 4. The Morgan fingerprint density at radius 3 is 2.05 bits per heavy atom. The number of aryl methyl sites for hydroxylation is 2. The summed E-state index contributed by atoms with van der Waals surface area (Å²) in [4.78, 5) is 51.4. The van der Waals surface area contributed by atoms with Crippen molar-refractivity contribution in [2.45, 2.75) is 46.2 Å². The largest absolute Gasteiger partial charge is 0.426 e. The minimum atomic E-state index is -0.404. The van der Waals surface area contributed by atoms with Crippen molar-refractivity contribution in [1.29, 1.82) is 0 Å². The first kappa shape index (κ1) is 45.9. The quantitative estimate of drug-likeness (QED) is 0.0344. The zero-order valence-corrected chi connectivity index (χ0v) is 35.0. The normalized spacial score (nSPS) is 11.2. The molecule has 0 saturated carbocycles. The van der Waals surface area contributed by atoms with Gasteiger partial charge in [0.1, 0.15) is 17.3 Å². The van der Waals surface area contributed by atoms with Crippen LogP contribution in [0.25, 0.3) is 22.4 Å². The molecule has 60 heavy (non-hydrogen) atoms. The van der Waals surface area contributed by atoms with E-state index in [0.29, 0.717) is 126 Å². The number of carbonyl (C=O) groups excluding carboxylic acids is 3. The third-order valence-electron chi connectivity index (χ3n) is 8.80. The zero-order chi connectivity index (χ0) is 42.2. The topological polar surface area (TPSA) is 183 Å². The standard InChI is InChI=1S/C43H54N6O10S/c1-3-53-19-20-55-23-24-57-27-28-58-26-25-56-22-21-54-18-15-41(51)59-35-12-9-33(10-13-35)30-45-40(50)8-6-17-49-32(2)46-37-29-34(11-14-39(37)49)42(52)48-43-47-38(31-60-43)36-7-4-5-16-44-36/h4-5,7,9-14,16,29,31H,3,6,8,15,17-28,30H2,1-2H3,(H,45,50)(H,47,48,52). The molecular formula is C43H54N6O10S. The molecule has 0 saturated heterocycles. The number of hydrogen-bond acceptors (Lipinski definition) is 14. The number of amides is 2. The Kier molecular flexibility index (Phi) is 20.0. The highest BCUT2D eigenvalue weighted by Gasteiger charge is 2.15. The molecule has 0 fully saturated rings. The van der Waals surface area contributed by atoms with E-state index in [1.165, 1.54) is 11.3 Å². The summed E-state index contributed by atoms with van der Waals surface area (Å²) in [6.45, 7) is 10.5. The van der Waals surface area contributed by atoms with E-state index in [4.69, 9.17) is 33.2 Å². The summed E-state index contributed by atoms with van der Waals surface area (Å²) in [6.07, 6.45) is 2.74. The molecule has 0 atom stereocenters. The maximum Gasteiger partial charge on any atom is 0.313 e. The third-order valence-corrected chi connectivity index (χ3v) is 9.56. The first-order valence-electron chi connectivity index (χ1n) is 20.1. The van der Waals surface area contributed by atoms with Gasteiger partial charge in [0.15, 0.2) is 5.13 Å². The Morgan fingerprint density at radius 1 is 0.733 bits per heavy atom. The van der Waals surface area contributed by atoms with Crippen LogP contribution >= 0.6 is 11.3 Å². The maximum atomic E-state index is 13.0. The number of thiazole rings is 1. The maximum absolute atomic E-state index is 13.0. The number of anilines is 1. The van der Waals surface area contributed by atoms with E-state index < -0.39 is 5.97 Å². The van der Waals surface area contributed by atoms with Crippen molar-refractivity contribution < 1.29 is 47.5 Å². The molecule has 3 heterocycles. The highest BCUT2D eigenvalue weighted by atomic mass is 32.1. The average Bonchev–Trinajstić information content (AvgIpc) is 3.86. The Morgan fingerprint density at radius 2 is 1.40 bits per heavy atom. The smallest absolute Gasteiger partial charge is 0.313 e. The van der Waals surface area contributed by atoms with Gasteiger partial charge in [-0.15, -0.1) is 11.3 Å². The molecule has 2 aromatic carbocycles. The van der Waals surface area contributed by atoms with Gasteiger partial charge >= 0.3 is 5.97 Å². The van der Waals surface area contributed by atoms with E-state index in [1.54, 1.807) is 42.6 Å². The van der Waals surface area contributed by atoms with Crippen LogP contribution in [0.3, 0.4) is 0 Å². The van der Waals surface area contributed by atoms with Gasteiger partial charge in [-0.25, -0.2) is 9.97 Å². The van der Waals surface area contributed by atoms with Gasteiger partial charge in [-0.2, -0.15) is 0 Å². The SMILES string of the molecule is CCOCCOCCOCCOCCOCCOCCC(=O)Oc1ccc(CNC(=O)CCCn2c(C)nc3cc(C(=O)Nc4nc(-c5ccccn5)cs4)ccc32)cc1. The number of nitrogens with zero attached hydrogens (tertiary/aromatic N) is 4. The third kappa shape index (κ3) is 16.1. The molecule has 2 amide bonds. The Hall–Kier alpha value is -5.14. The molecule has 5 aromatic rings. The second-order valence-electron chi connectivity index (χ2n) is 13.2. The van der Waals surface area contributed by atoms with E-state index in [2.05, 4.69) is 25.6 Å². The van der Waals surface area contributed by atoms with Crippen LogP contribution in [0.5, 0.6) is 5.75 Å². The summed E-state index contributed by atoms with van der Waals surface area (Å²) in [6, 6.07) is 18.0. The summed E-state index contributed by atoms with van der Waals surface area (Å²) in [7, 11) is 0. The zero-order valence-electron chi connectivity index (χ0n) is 34.2. The van der Waals surface area contributed by atoms with E-state index in [9.17, 15) is 14.4 Å². The number of pyridine rings is 1. The lowest BCUT2D eigenvalue weighted by atomic mass is 10.2. The first-order chi connectivity index (χ1) is 29.4. The fraction of sp³-hybridized carbons (Fsp3) is 0.442. The fourth-order valence-electron chi connectivity index (χ4n) is 5.75. The van der Waals surface area contributed by atoms with E-state index in [0.717, 1.165) is 22.6 Å². The molecule has 5 rings (SSSR count). The number of esters is 1. The molecule has 0 radical (unpaired) electrons. The van der Waals surface area contributed by atoms with Crippen LogP contribution in [0.15, 0.2) is 72.2 Å². The van der Waals surface area contributed by atoms with Crippen molar-refractivity contribution in [2.24, 2.45) is 0 Å². The fourth-order valence-corrected chi connectivity index (χ4v) is 6.45. The number of carbonyl (C=O) groups is 3. The molecule has 0 aliphatic carbocycles. The van der Waals surface area contributed by atoms with Gasteiger partial charge in [-0.05, 0) is 68.3 Å². The number of ether oxygens (including phenoxy) is 7. The molecule has 0 aliphatic rings. The van der Waals surface area contributed by atoms with Crippen molar-refractivity contribution in [2.75, 3.05) is 84.6 Å². The van der Waals surface area contributed by atoms with Crippen molar-refractivity contribution >= 4 is 45.3 Å². The lowest BCUT2D eigenvalue weighted by Gasteiger charge is -2.09. The second kappa shape index (κ2) is 26.2. The van der Waals surface area contributed by atoms with Gasteiger partial charge in [0.25, 0.3) is 5.91 Å². The lowest BCUT2D eigenvalue weighted by molar-refractivity contribution is -0.135. The number of rotatable bonds is 29. The number of benzene rings is 2. The van der Waals surface area contributed by atoms with E-state index in [-0.39, 0.29) is 24.8 Å².